The standard InChI is InChI=1S/C15H16BrNS/c1-11(17-2)14-10-12(16)8-9-15(14)18-13-6-4-3-5-7-13/h3-11,17H,1-2H3. The lowest BCUT2D eigenvalue weighted by atomic mass is 10.1. The second-order valence-electron chi connectivity index (χ2n) is 4.11. The van der Waals surface area contributed by atoms with Gasteiger partial charge in [0.15, 0.2) is 0 Å². The zero-order chi connectivity index (χ0) is 13.0. The van der Waals surface area contributed by atoms with Gasteiger partial charge in [-0.2, -0.15) is 0 Å². The van der Waals surface area contributed by atoms with Gasteiger partial charge >= 0.3 is 0 Å². The molecule has 3 heteroatoms. The number of nitrogens with one attached hydrogen (secondary N) is 1. The van der Waals surface area contributed by atoms with Crippen LogP contribution in [0.4, 0.5) is 0 Å². The van der Waals surface area contributed by atoms with E-state index in [2.05, 4.69) is 70.6 Å². The van der Waals surface area contributed by atoms with Crippen molar-refractivity contribution in [2.45, 2.75) is 22.8 Å². The molecule has 0 saturated heterocycles. The van der Waals surface area contributed by atoms with E-state index in [0.717, 1.165) is 4.47 Å². The van der Waals surface area contributed by atoms with Crippen LogP contribution in [0.2, 0.25) is 0 Å². The Balaban J connectivity index is 2.32. The number of hydrogen-bond acceptors (Lipinski definition) is 2. The molecule has 0 amide bonds. The molecule has 0 fully saturated rings. The highest BCUT2D eigenvalue weighted by atomic mass is 79.9. The van der Waals surface area contributed by atoms with Crippen molar-refractivity contribution in [3.63, 3.8) is 0 Å². The number of hydrogen-bond donors (Lipinski definition) is 1. The lowest BCUT2D eigenvalue weighted by Crippen LogP contribution is -2.13. The molecule has 0 heterocycles. The van der Waals surface area contributed by atoms with Crippen LogP contribution < -0.4 is 5.32 Å². The molecule has 0 aliphatic heterocycles. The predicted molar refractivity (Wildman–Crippen MR) is 82.2 cm³/mol. The fourth-order valence-corrected chi connectivity index (χ4v) is 3.14. The average molecular weight is 322 g/mol. The Morgan fingerprint density at radius 2 is 1.83 bits per heavy atom. The van der Waals surface area contributed by atoms with E-state index in [0.29, 0.717) is 6.04 Å². The predicted octanol–water partition coefficient (Wildman–Crippen LogP) is 4.88. The normalized spacial score (nSPS) is 12.4. The minimum Gasteiger partial charge on any atom is -0.313 e. The van der Waals surface area contributed by atoms with Gasteiger partial charge in [-0.25, -0.2) is 0 Å². The summed E-state index contributed by atoms with van der Waals surface area (Å²) in [5.41, 5.74) is 1.32. The lowest BCUT2D eigenvalue weighted by molar-refractivity contribution is 0.641. The van der Waals surface area contributed by atoms with Crippen molar-refractivity contribution >= 4 is 27.7 Å². The summed E-state index contributed by atoms with van der Waals surface area (Å²) in [5.74, 6) is 0. The monoisotopic (exact) mass is 321 g/mol. The molecule has 0 aliphatic rings. The molecule has 0 saturated carbocycles. The molecule has 0 aliphatic carbocycles. The summed E-state index contributed by atoms with van der Waals surface area (Å²) in [5, 5.41) is 3.30. The van der Waals surface area contributed by atoms with E-state index >= 15 is 0 Å². The molecule has 1 atom stereocenters. The highest BCUT2D eigenvalue weighted by molar-refractivity contribution is 9.10. The summed E-state index contributed by atoms with van der Waals surface area (Å²) in [4.78, 5) is 2.57. The van der Waals surface area contributed by atoms with Gasteiger partial charge in [0, 0.05) is 20.3 Å². The Kier molecular flexibility index (Phi) is 4.87. The number of benzene rings is 2. The van der Waals surface area contributed by atoms with E-state index in [9.17, 15) is 0 Å². The Bertz CT molecular complexity index is 513. The van der Waals surface area contributed by atoms with Gasteiger partial charge in [0.05, 0.1) is 0 Å². The average Bonchev–Trinajstić information content (AvgIpc) is 2.41. The zero-order valence-electron chi connectivity index (χ0n) is 10.5. The molecule has 2 aromatic rings. The van der Waals surface area contributed by atoms with Gasteiger partial charge in [-0.1, -0.05) is 45.9 Å². The molecule has 1 N–H and O–H groups in total. The molecule has 0 spiro atoms. The van der Waals surface area contributed by atoms with Crippen LogP contribution in [0.3, 0.4) is 0 Å². The third-order valence-electron chi connectivity index (χ3n) is 2.84. The van der Waals surface area contributed by atoms with Gasteiger partial charge in [0.25, 0.3) is 0 Å². The molecule has 18 heavy (non-hydrogen) atoms. The van der Waals surface area contributed by atoms with Crippen LogP contribution in [0.1, 0.15) is 18.5 Å². The second-order valence-corrected chi connectivity index (χ2v) is 6.14. The Morgan fingerprint density at radius 3 is 2.50 bits per heavy atom. The summed E-state index contributed by atoms with van der Waals surface area (Å²) in [7, 11) is 1.99. The Morgan fingerprint density at radius 1 is 1.11 bits per heavy atom. The molecule has 94 valence electrons. The molecule has 0 bridgehead atoms. The van der Waals surface area contributed by atoms with Gasteiger partial charge in [-0.15, -0.1) is 0 Å². The molecule has 2 aromatic carbocycles. The second kappa shape index (κ2) is 6.41. The zero-order valence-corrected chi connectivity index (χ0v) is 12.9. The van der Waals surface area contributed by atoms with Crippen LogP contribution in [0.5, 0.6) is 0 Å². The quantitative estimate of drug-likeness (QED) is 0.861. The van der Waals surface area contributed by atoms with Gasteiger partial charge in [-0.05, 0) is 49.9 Å². The third-order valence-corrected chi connectivity index (χ3v) is 4.44. The van der Waals surface area contributed by atoms with Crippen LogP contribution in [0.25, 0.3) is 0 Å². The summed E-state index contributed by atoms with van der Waals surface area (Å²) >= 11 is 5.35. The summed E-state index contributed by atoms with van der Waals surface area (Å²) < 4.78 is 1.12. The highest BCUT2D eigenvalue weighted by Crippen LogP contribution is 2.34. The van der Waals surface area contributed by atoms with E-state index in [1.54, 1.807) is 11.8 Å². The molecule has 0 radical (unpaired) electrons. The maximum Gasteiger partial charge on any atom is 0.0300 e. The Hall–Kier alpha value is -0.770. The molecule has 2 rings (SSSR count). The van der Waals surface area contributed by atoms with E-state index in [1.165, 1.54) is 15.4 Å². The van der Waals surface area contributed by atoms with Gasteiger partial charge in [-0.3, -0.25) is 0 Å². The lowest BCUT2D eigenvalue weighted by Gasteiger charge is -2.16. The van der Waals surface area contributed by atoms with Crippen LogP contribution >= 0.6 is 27.7 Å². The SMILES string of the molecule is CNC(C)c1cc(Br)ccc1Sc1ccccc1. The molecule has 1 unspecified atom stereocenters. The first-order valence-corrected chi connectivity index (χ1v) is 7.51. The van der Waals surface area contributed by atoms with Crippen LogP contribution in [0, 0.1) is 0 Å². The van der Waals surface area contributed by atoms with Crippen molar-refractivity contribution in [3.8, 4) is 0 Å². The highest BCUT2D eigenvalue weighted by Gasteiger charge is 2.10. The van der Waals surface area contributed by atoms with Crippen molar-refractivity contribution in [1.82, 2.24) is 5.32 Å². The summed E-state index contributed by atoms with van der Waals surface area (Å²) in [6.45, 7) is 2.18. The third kappa shape index (κ3) is 3.37. The van der Waals surface area contributed by atoms with Gasteiger partial charge < -0.3 is 5.32 Å². The van der Waals surface area contributed by atoms with Crippen molar-refractivity contribution in [2.24, 2.45) is 0 Å². The first-order valence-electron chi connectivity index (χ1n) is 5.90. The first kappa shape index (κ1) is 13.7. The topological polar surface area (TPSA) is 12.0 Å². The minimum atomic E-state index is 0.341. The van der Waals surface area contributed by atoms with Crippen LogP contribution in [-0.4, -0.2) is 7.05 Å². The van der Waals surface area contributed by atoms with Crippen molar-refractivity contribution < 1.29 is 0 Å². The van der Waals surface area contributed by atoms with E-state index in [1.807, 2.05) is 13.1 Å². The van der Waals surface area contributed by atoms with Crippen LogP contribution in [0.15, 0.2) is 62.8 Å². The van der Waals surface area contributed by atoms with Crippen molar-refractivity contribution in [3.05, 3.63) is 58.6 Å². The summed E-state index contributed by atoms with van der Waals surface area (Å²) in [6, 6.07) is 17.3. The molecular weight excluding hydrogens is 306 g/mol. The summed E-state index contributed by atoms with van der Waals surface area (Å²) in [6.07, 6.45) is 0. The molecule has 1 nitrogen and oxygen atoms in total. The van der Waals surface area contributed by atoms with E-state index in [-0.39, 0.29) is 0 Å². The minimum absolute atomic E-state index is 0.341. The Labute approximate surface area is 121 Å². The van der Waals surface area contributed by atoms with Gasteiger partial charge in [0.1, 0.15) is 0 Å². The number of halogens is 1. The molecule has 0 aromatic heterocycles. The van der Waals surface area contributed by atoms with Crippen molar-refractivity contribution in [1.29, 1.82) is 0 Å². The van der Waals surface area contributed by atoms with E-state index < -0.39 is 0 Å². The maximum absolute atomic E-state index is 3.54. The van der Waals surface area contributed by atoms with Crippen molar-refractivity contribution in [2.75, 3.05) is 7.05 Å². The fourth-order valence-electron chi connectivity index (χ4n) is 1.72. The first-order chi connectivity index (χ1) is 8.70. The van der Waals surface area contributed by atoms with Gasteiger partial charge in [0.2, 0.25) is 0 Å². The van der Waals surface area contributed by atoms with Crippen LogP contribution in [-0.2, 0) is 0 Å². The maximum atomic E-state index is 3.54. The molecular formula is C15H16BrNS. The smallest absolute Gasteiger partial charge is 0.0300 e. The largest absolute Gasteiger partial charge is 0.313 e. The number of rotatable bonds is 4. The fraction of sp³-hybridized carbons (Fsp3) is 0.200. The van der Waals surface area contributed by atoms with E-state index in [4.69, 9.17) is 0 Å².